The largest absolute Gasteiger partial charge is 0.352 e. The van der Waals surface area contributed by atoms with Gasteiger partial charge in [0.05, 0.1) is 0 Å². The number of rotatable bonds is 4. The van der Waals surface area contributed by atoms with Crippen molar-refractivity contribution in [2.45, 2.75) is 64.5 Å². The Labute approximate surface area is 125 Å². The topological polar surface area (TPSA) is 78.5 Å². The molecule has 0 radical (unpaired) electrons. The van der Waals surface area contributed by atoms with E-state index in [9.17, 15) is 14.4 Å². The van der Waals surface area contributed by atoms with Crippen LogP contribution in [0.4, 0.5) is 4.79 Å². The molecule has 21 heavy (non-hydrogen) atoms. The molecule has 2 rings (SSSR count). The number of carbonyl (C=O) groups is 3. The summed E-state index contributed by atoms with van der Waals surface area (Å²) in [6.45, 7) is 5.68. The van der Waals surface area contributed by atoms with Crippen molar-refractivity contribution in [3.8, 4) is 0 Å². The van der Waals surface area contributed by atoms with Crippen LogP contribution in [0.15, 0.2) is 0 Å². The van der Waals surface area contributed by atoms with Crippen molar-refractivity contribution < 1.29 is 14.4 Å². The monoisotopic (exact) mass is 295 g/mol. The minimum atomic E-state index is -0.786. The van der Waals surface area contributed by atoms with E-state index in [4.69, 9.17) is 0 Å². The number of hydrogen-bond donors (Lipinski definition) is 2. The molecule has 0 bridgehead atoms. The Morgan fingerprint density at radius 3 is 2.81 bits per heavy atom. The van der Waals surface area contributed by atoms with Crippen molar-refractivity contribution in [2.75, 3.05) is 6.54 Å². The van der Waals surface area contributed by atoms with E-state index in [2.05, 4.69) is 10.6 Å². The highest BCUT2D eigenvalue weighted by molar-refractivity contribution is 6.09. The fourth-order valence-electron chi connectivity index (χ4n) is 3.21. The van der Waals surface area contributed by atoms with Gasteiger partial charge >= 0.3 is 6.03 Å². The van der Waals surface area contributed by atoms with Crippen molar-refractivity contribution >= 4 is 17.8 Å². The Hall–Kier alpha value is -1.59. The van der Waals surface area contributed by atoms with Gasteiger partial charge in [-0.25, -0.2) is 4.79 Å². The van der Waals surface area contributed by atoms with E-state index >= 15 is 0 Å². The summed E-state index contributed by atoms with van der Waals surface area (Å²) in [5.74, 6) is -0.405. The van der Waals surface area contributed by atoms with E-state index in [0.29, 0.717) is 6.42 Å². The lowest BCUT2D eigenvalue weighted by atomic mass is 9.73. The normalized spacial score (nSPS) is 30.4. The van der Waals surface area contributed by atoms with Gasteiger partial charge in [-0.1, -0.05) is 26.7 Å². The maximum Gasteiger partial charge on any atom is 0.325 e. The van der Waals surface area contributed by atoms with Crippen LogP contribution >= 0.6 is 0 Å². The van der Waals surface area contributed by atoms with Gasteiger partial charge in [0.2, 0.25) is 5.91 Å². The van der Waals surface area contributed by atoms with Gasteiger partial charge in [0.1, 0.15) is 12.1 Å². The standard InChI is InChI=1S/C15H25N3O3/c1-4-11(3)16-12(19)9-18-13(20)15(17-14(18)21)8-6-5-7-10(15)2/h10-11H,4-9H2,1-3H3,(H,16,19)(H,17,21). The smallest absolute Gasteiger partial charge is 0.325 e. The average Bonchev–Trinajstić information content (AvgIpc) is 2.67. The number of urea groups is 1. The van der Waals surface area contributed by atoms with E-state index in [1.165, 1.54) is 0 Å². The summed E-state index contributed by atoms with van der Waals surface area (Å²) in [7, 11) is 0. The van der Waals surface area contributed by atoms with Crippen molar-refractivity contribution in [3.05, 3.63) is 0 Å². The molecule has 0 aromatic rings. The van der Waals surface area contributed by atoms with E-state index in [1.54, 1.807) is 0 Å². The fourth-order valence-corrected chi connectivity index (χ4v) is 3.21. The molecule has 2 N–H and O–H groups in total. The Morgan fingerprint density at radius 2 is 2.19 bits per heavy atom. The lowest BCUT2D eigenvalue weighted by Gasteiger charge is -2.36. The number of nitrogens with zero attached hydrogens (tertiary/aromatic N) is 1. The average molecular weight is 295 g/mol. The van der Waals surface area contributed by atoms with Crippen molar-refractivity contribution in [3.63, 3.8) is 0 Å². The zero-order valence-electron chi connectivity index (χ0n) is 13.1. The molecular formula is C15H25N3O3. The van der Waals surface area contributed by atoms with E-state index in [-0.39, 0.29) is 30.3 Å². The molecule has 1 aliphatic heterocycles. The first-order valence-corrected chi connectivity index (χ1v) is 7.84. The quantitative estimate of drug-likeness (QED) is 0.770. The molecule has 4 amide bonds. The van der Waals surface area contributed by atoms with Crippen molar-refractivity contribution in [2.24, 2.45) is 5.92 Å². The molecule has 2 fully saturated rings. The molecule has 118 valence electrons. The third-order valence-corrected chi connectivity index (χ3v) is 4.82. The first kappa shape index (κ1) is 15.8. The van der Waals surface area contributed by atoms with Crippen LogP contribution in [-0.2, 0) is 9.59 Å². The molecule has 6 nitrogen and oxygen atoms in total. The second-order valence-electron chi connectivity index (χ2n) is 6.32. The summed E-state index contributed by atoms with van der Waals surface area (Å²) in [6, 6.07) is -0.395. The van der Waals surface area contributed by atoms with Crippen LogP contribution in [0.5, 0.6) is 0 Å². The molecule has 1 aliphatic carbocycles. The predicted octanol–water partition coefficient (Wildman–Crippen LogP) is 1.40. The van der Waals surface area contributed by atoms with Crippen LogP contribution in [0.1, 0.15) is 52.9 Å². The molecule has 3 atom stereocenters. The van der Waals surface area contributed by atoms with Crippen LogP contribution in [0, 0.1) is 5.92 Å². The second-order valence-corrected chi connectivity index (χ2v) is 6.32. The lowest BCUT2D eigenvalue weighted by Crippen LogP contribution is -2.54. The Morgan fingerprint density at radius 1 is 1.48 bits per heavy atom. The number of imide groups is 1. The van der Waals surface area contributed by atoms with Crippen molar-refractivity contribution in [1.29, 1.82) is 0 Å². The lowest BCUT2D eigenvalue weighted by molar-refractivity contribution is -0.137. The minimum Gasteiger partial charge on any atom is -0.352 e. The highest BCUT2D eigenvalue weighted by atomic mass is 16.2. The van der Waals surface area contributed by atoms with Gasteiger partial charge in [-0.05, 0) is 32.1 Å². The SMILES string of the molecule is CCC(C)NC(=O)CN1C(=O)NC2(CCCCC2C)C1=O. The molecule has 3 unspecified atom stereocenters. The molecule has 1 spiro atoms. The van der Waals surface area contributed by atoms with E-state index in [1.807, 2.05) is 20.8 Å². The molecule has 1 heterocycles. The zero-order chi connectivity index (χ0) is 15.6. The zero-order valence-corrected chi connectivity index (χ0v) is 13.1. The van der Waals surface area contributed by atoms with Crippen LogP contribution in [-0.4, -0.2) is 40.9 Å². The Balaban J connectivity index is 2.06. The molecular weight excluding hydrogens is 270 g/mol. The highest BCUT2D eigenvalue weighted by Crippen LogP contribution is 2.38. The highest BCUT2D eigenvalue weighted by Gasteiger charge is 2.55. The number of carbonyl (C=O) groups excluding carboxylic acids is 3. The molecule has 1 saturated carbocycles. The van der Waals surface area contributed by atoms with Gasteiger partial charge in [0.15, 0.2) is 0 Å². The van der Waals surface area contributed by atoms with Crippen LogP contribution < -0.4 is 10.6 Å². The third kappa shape index (κ3) is 2.89. The predicted molar refractivity (Wildman–Crippen MR) is 78.5 cm³/mol. The summed E-state index contributed by atoms with van der Waals surface area (Å²) in [5.41, 5.74) is -0.786. The Bertz CT molecular complexity index is 451. The van der Waals surface area contributed by atoms with E-state index < -0.39 is 11.6 Å². The molecule has 6 heteroatoms. The molecule has 0 aromatic carbocycles. The van der Waals surface area contributed by atoms with E-state index in [0.717, 1.165) is 30.6 Å². The van der Waals surface area contributed by atoms with Gasteiger partial charge in [0.25, 0.3) is 5.91 Å². The van der Waals surface area contributed by atoms with Gasteiger partial charge in [-0.2, -0.15) is 0 Å². The number of hydrogen-bond acceptors (Lipinski definition) is 3. The maximum absolute atomic E-state index is 12.7. The van der Waals surface area contributed by atoms with Crippen LogP contribution in [0.2, 0.25) is 0 Å². The van der Waals surface area contributed by atoms with Crippen molar-refractivity contribution in [1.82, 2.24) is 15.5 Å². The number of amides is 4. The molecule has 2 aliphatic rings. The summed E-state index contributed by atoms with van der Waals surface area (Å²) in [5, 5.41) is 5.64. The van der Waals surface area contributed by atoms with Gasteiger partial charge in [0, 0.05) is 6.04 Å². The summed E-state index contributed by atoms with van der Waals surface area (Å²) in [6.07, 6.45) is 4.43. The Kier molecular flexibility index (Phi) is 4.54. The summed E-state index contributed by atoms with van der Waals surface area (Å²) < 4.78 is 0. The van der Waals surface area contributed by atoms with Gasteiger partial charge in [-0.15, -0.1) is 0 Å². The fraction of sp³-hybridized carbons (Fsp3) is 0.800. The molecule has 0 aromatic heterocycles. The number of nitrogens with one attached hydrogen (secondary N) is 2. The van der Waals surface area contributed by atoms with Crippen LogP contribution in [0.3, 0.4) is 0 Å². The first-order chi connectivity index (χ1) is 9.90. The summed E-state index contributed by atoms with van der Waals surface area (Å²) >= 11 is 0. The van der Waals surface area contributed by atoms with Gasteiger partial charge < -0.3 is 10.6 Å². The molecule has 1 saturated heterocycles. The second kappa shape index (κ2) is 6.03. The minimum absolute atomic E-state index is 0.0424. The van der Waals surface area contributed by atoms with Crippen LogP contribution in [0.25, 0.3) is 0 Å². The summed E-state index contributed by atoms with van der Waals surface area (Å²) in [4.78, 5) is 37.8. The third-order valence-electron chi connectivity index (χ3n) is 4.82. The van der Waals surface area contributed by atoms with Gasteiger partial charge in [-0.3, -0.25) is 14.5 Å². The first-order valence-electron chi connectivity index (χ1n) is 7.84. The maximum atomic E-state index is 12.7.